The lowest BCUT2D eigenvalue weighted by Gasteiger charge is -2.42. The van der Waals surface area contributed by atoms with Crippen molar-refractivity contribution in [2.75, 3.05) is 0 Å². The van der Waals surface area contributed by atoms with E-state index in [1.54, 1.807) is 0 Å². The fraction of sp³-hybridized carbons (Fsp3) is 0.389. The molecule has 4 bridgehead atoms. The molecular weight excluding hydrogens is 280 g/mol. The van der Waals surface area contributed by atoms with Crippen molar-refractivity contribution in [1.29, 1.82) is 0 Å². The second-order valence-electron chi connectivity index (χ2n) is 6.22. The summed E-state index contributed by atoms with van der Waals surface area (Å²) in [5, 5.41) is 0. The lowest BCUT2D eigenvalue weighted by molar-refractivity contribution is -0.147. The molecule has 2 aliphatic carbocycles. The first-order valence-corrected chi connectivity index (χ1v) is 7.73. The van der Waals surface area contributed by atoms with Crippen LogP contribution in [0.5, 0.6) is 0 Å². The Morgan fingerprint density at radius 2 is 1.77 bits per heavy atom. The van der Waals surface area contributed by atoms with Crippen LogP contribution in [0.3, 0.4) is 0 Å². The summed E-state index contributed by atoms with van der Waals surface area (Å²) in [5.41, 5.74) is 1.07. The molecule has 1 saturated carbocycles. The zero-order valence-electron chi connectivity index (χ0n) is 12.1. The van der Waals surface area contributed by atoms with E-state index < -0.39 is 5.92 Å². The van der Waals surface area contributed by atoms with E-state index in [1.165, 1.54) is 0 Å². The highest BCUT2D eigenvalue weighted by atomic mass is 16.5. The molecule has 112 valence electrons. The molecule has 3 unspecified atom stereocenters. The summed E-state index contributed by atoms with van der Waals surface area (Å²) in [6, 6.07) is 9.15. The molecule has 22 heavy (non-hydrogen) atoms. The van der Waals surface area contributed by atoms with Gasteiger partial charge in [-0.3, -0.25) is 14.4 Å². The SMILES string of the molecule is O=C1CC(=O)C2CCCC3OC1=C(c1ccccc1)C(=O)C32. The van der Waals surface area contributed by atoms with Gasteiger partial charge in [0.25, 0.3) is 0 Å². The Kier molecular flexibility index (Phi) is 2.99. The van der Waals surface area contributed by atoms with Crippen LogP contribution in [0.25, 0.3) is 5.57 Å². The highest BCUT2D eigenvalue weighted by Crippen LogP contribution is 2.45. The molecule has 1 aromatic rings. The quantitative estimate of drug-likeness (QED) is 0.746. The van der Waals surface area contributed by atoms with Gasteiger partial charge in [0, 0.05) is 5.92 Å². The molecule has 4 heteroatoms. The van der Waals surface area contributed by atoms with Gasteiger partial charge < -0.3 is 4.74 Å². The Morgan fingerprint density at radius 1 is 1.00 bits per heavy atom. The van der Waals surface area contributed by atoms with Gasteiger partial charge >= 0.3 is 0 Å². The van der Waals surface area contributed by atoms with E-state index in [4.69, 9.17) is 4.74 Å². The molecule has 0 N–H and O–H groups in total. The average Bonchev–Trinajstić information content (AvgIpc) is 2.54. The van der Waals surface area contributed by atoms with Crippen LogP contribution in [-0.2, 0) is 19.1 Å². The van der Waals surface area contributed by atoms with E-state index in [9.17, 15) is 14.4 Å². The van der Waals surface area contributed by atoms with Crippen LogP contribution in [0.2, 0.25) is 0 Å². The molecule has 2 aliphatic heterocycles. The molecular formula is C18H16O4. The van der Waals surface area contributed by atoms with Crippen molar-refractivity contribution in [1.82, 2.24) is 0 Å². The van der Waals surface area contributed by atoms with Gasteiger partial charge in [-0.25, -0.2) is 0 Å². The predicted molar refractivity (Wildman–Crippen MR) is 78.7 cm³/mol. The van der Waals surface area contributed by atoms with Gasteiger partial charge in [0.15, 0.2) is 11.5 Å². The van der Waals surface area contributed by atoms with Crippen LogP contribution in [-0.4, -0.2) is 23.5 Å². The van der Waals surface area contributed by atoms with Gasteiger partial charge in [-0.2, -0.15) is 0 Å². The summed E-state index contributed by atoms with van der Waals surface area (Å²) in [6.45, 7) is 0. The van der Waals surface area contributed by atoms with Gasteiger partial charge in [0.1, 0.15) is 11.9 Å². The Balaban J connectivity index is 1.93. The minimum absolute atomic E-state index is 0.0939. The van der Waals surface area contributed by atoms with Crippen molar-refractivity contribution in [3.05, 3.63) is 41.7 Å². The number of hydrogen-bond acceptors (Lipinski definition) is 4. The number of rotatable bonds is 1. The largest absolute Gasteiger partial charge is 0.485 e. The summed E-state index contributed by atoms with van der Waals surface area (Å²) in [4.78, 5) is 37.8. The van der Waals surface area contributed by atoms with Crippen LogP contribution < -0.4 is 0 Å². The number of ether oxygens (including phenoxy) is 1. The van der Waals surface area contributed by atoms with Crippen molar-refractivity contribution in [3.63, 3.8) is 0 Å². The first-order chi connectivity index (χ1) is 10.7. The zero-order valence-corrected chi connectivity index (χ0v) is 12.1. The van der Waals surface area contributed by atoms with E-state index in [0.29, 0.717) is 17.6 Å². The van der Waals surface area contributed by atoms with Crippen LogP contribution >= 0.6 is 0 Å². The Hall–Kier alpha value is -2.23. The third kappa shape index (κ3) is 1.86. The van der Waals surface area contributed by atoms with Gasteiger partial charge in [0.05, 0.1) is 17.9 Å². The van der Waals surface area contributed by atoms with Crippen LogP contribution in [0, 0.1) is 11.8 Å². The minimum Gasteiger partial charge on any atom is -0.485 e. The molecule has 0 amide bonds. The predicted octanol–water partition coefficient (Wildman–Crippen LogP) is 2.32. The normalized spacial score (nSPS) is 30.9. The average molecular weight is 296 g/mol. The monoisotopic (exact) mass is 296 g/mol. The van der Waals surface area contributed by atoms with E-state index >= 15 is 0 Å². The van der Waals surface area contributed by atoms with Gasteiger partial charge in [-0.1, -0.05) is 30.3 Å². The summed E-state index contributed by atoms with van der Waals surface area (Å²) < 4.78 is 5.92. The zero-order chi connectivity index (χ0) is 15.3. The number of Topliss-reactive ketones (excluding diaryl/α,β-unsaturated/α-hetero) is 3. The number of hydrogen-bond donors (Lipinski definition) is 0. The molecule has 5 rings (SSSR count). The number of carbonyl (C=O) groups is 3. The van der Waals surface area contributed by atoms with E-state index in [0.717, 1.165) is 12.8 Å². The number of carbonyl (C=O) groups excluding carboxylic acids is 3. The van der Waals surface area contributed by atoms with Crippen molar-refractivity contribution in [2.24, 2.45) is 11.8 Å². The molecule has 0 radical (unpaired) electrons. The van der Waals surface area contributed by atoms with Crippen molar-refractivity contribution in [3.8, 4) is 0 Å². The summed E-state index contributed by atoms with van der Waals surface area (Å²) in [7, 11) is 0. The van der Waals surface area contributed by atoms with Gasteiger partial charge in [0.2, 0.25) is 5.78 Å². The van der Waals surface area contributed by atoms with E-state index in [2.05, 4.69) is 0 Å². The standard InChI is InChI=1S/C18H16O4/c19-12-9-13(20)18-15(10-5-2-1-3-6-10)17(21)16-11(12)7-4-8-14(16)22-18/h1-3,5-6,11,14,16H,4,7-9H2. The lowest BCUT2D eigenvalue weighted by Crippen LogP contribution is -2.49. The van der Waals surface area contributed by atoms with Crippen molar-refractivity contribution in [2.45, 2.75) is 31.8 Å². The number of allylic oxidation sites excluding steroid dienone is 2. The first kappa shape index (κ1) is 13.4. The molecule has 1 saturated heterocycles. The summed E-state index contributed by atoms with van der Waals surface area (Å²) >= 11 is 0. The van der Waals surface area contributed by atoms with Crippen molar-refractivity contribution >= 4 is 22.9 Å². The molecule has 2 heterocycles. The molecule has 2 fully saturated rings. The van der Waals surface area contributed by atoms with Crippen LogP contribution in [0.1, 0.15) is 31.2 Å². The highest BCUT2D eigenvalue weighted by molar-refractivity contribution is 6.31. The third-order valence-corrected chi connectivity index (χ3v) is 4.95. The smallest absolute Gasteiger partial charge is 0.205 e. The molecule has 3 atom stereocenters. The topological polar surface area (TPSA) is 60.4 Å². The number of fused-ring (bicyclic) bond motifs is 3. The molecule has 1 aromatic carbocycles. The maximum atomic E-state index is 13.0. The van der Waals surface area contributed by atoms with E-state index in [1.807, 2.05) is 30.3 Å². The van der Waals surface area contributed by atoms with E-state index in [-0.39, 0.29) is 41.6 Å². The van der Waals surface area contributed by atoms with Crippen LogP contribution in [0.4, 0.5) is 0 Å². The minimum atomic E-state index is -0.423. The Labute approximate surface area is 128 Å². The molecule has 4 aliphatic rings. The number of ketones is 3. The highest BCUT2D eigenvalue weighted by Gasteiger charge is 2.51. The molecule has 0 aromatic heterocycles. The molecule has 0 spiro atoms. The maximum Gasteiger partial charge on any atom is 0.205 e. The lowest BCUT2D eigenvalue weighted by atomic mass is 9.67. The first-order valence-electron chi connectivity index (χ1n) is 7.73. The third-order valence-electron chi connectivity index (χ3n) is 4.95. The Morgan fingerprint density at radius 3 is 2.55 bits per heavy atom. The maximum absolute atomic E-state index is 13.0. The second-order valence-corrected chi connectivity index (χ2v) is 6.22. The second kappa shape index (κ2) is 4.90. The van der Waals surface area contributed by atoms with Gasteiger partial charge in [-0.15, -0.1) is 0 Å². The van der Waals surface area contributed by atoms with Gasteiger partial charge in [-0.05, 0) is 24.8 Å². The summed E-state index contributed by atoms with van der Waals surface area (Å²) in [6.07, 6.45) is 1.82. The molecule has 4 nitrogen and oxygen atoms in total. The fourth-order valence-corrected chi connectivity index (χ4v) is 3.94. The van der Waals surface area contributed by atoms with Crippen LogP contribution in [0.15, 0.2) is 36.1 Å². The fourth-order valence-electron chi connectivity index (χ4n) is 3.94. The van der Waals surface area contributed by atoms with Crippen molar-refractivity contribution < 1.29 is 19.1 Å². The number of benzene rings is 1. The Bertz CT molecular complexity index is 701. The summed E-state index contributed by atoms with van der Waals surface area (Å²) in [5.74, 6) is -1.23.